The third-order valence-electron chi connectivity index (χ3n) is 11.7. The highest BCUT2D eigenvalue weighted by Crippen LogP contribution is 2.83. The van der Waals surface area contributed by atoms with E-state index in [-0.39, 0.29) is 41.5 Å². The lowest BCUT2D eigenvalue weighted by Gasteiger charge is -2.53. The predicted molar refractivity (Wildman–Crippen MR) is 141 cm³/mol. The van der Waals surface area contributed by atoms with Crippen LogP contribution in [0.1, 0.15) is 45.6 Å². The Bertz CT molecular complexity index is 1550. The van der Waals surface area contributed by atoms with Gasteiger partial charge in [0.1, 0.15) is 36.1 Å². The van der Waals surface area contributed by atoms with Crippen LogP contribution in [0.3, 0.4) is 0 Å². The number of hydrogen-bond acceptors (Lipinski definition) is 8. The molecule has 4 aliphatic heterocycles. The Hall–Kier alpha value is -2.72. The summed E-state index contributed by atoms with van der Waals surface area (Å²) in [6, 6.07) is 7.15. The number of aromatic amines is 1. The number of benzene rings is 1. The second-order valence-electron chi connectivity index (χ2n) is 13.5. The highest BCUT2D eigenvalue weighted by molar-refractivity contribution is 5.92. The molecule has 2 saturated carbocycles. The fraction of sp³-hybridized carbons (Fsp3) is 0.613. The highest BCUT2D eigenvalue weighted by atomic mass is 16.8. The summed E-state index contributed by atoms with van der Waals surface area (Å²) in [4.78, 5) is 29.4. The van der Waals surface area contributed by atoms with Gasteiger partial charge in [0.25, 0.3) is 0 Å². The van der Waals surface area contributed by atoms with E-state index < -0.39 is 34.9 Å². The number of carbonyl (C=O) groups excluding carboxylic acids is 2. The standard InChI is InChI=1S/C31H34N2O7/c1-14(2)29-23(39-29)24-31(40-24)28(3)9-8-17-18(13-36-25(17)34)19(28)11-22-30(31,38-22)27(29)37-26(35)20(32)10-15-12-33-21-7-5-4-6-16(15)21/h4-7,12,14,19-20,22-24,27,33H,8-11,13,32H2,1-3H3/t19-,20-,22-,23-,24-,27+,28-,29-,30+,31+/m0/s1. The lowest BCUT2D eigenvalue weighted by atomic mass is 9.46. The van der Waals surface area contributed by atoms with Crippen LogP contribution in [0.25, 0.3) is 10.9 Å². The van der Waals surface area contributed by atoms with Crippen molar-refractivity contribution in [2.75, 3.05) is 6.61 Å². The zero-order chi connectivity index (χ0) is 27.4. The van der Waals surface area contributed by atoms with Gasteiger partial charge in [-0.3, -0.25) is 4.79 Å². The summed E-state index contributed by atoms with van der Waals surface area (Å²) in [5.74, 6) is -0.411. The number of rotatable bonds is 5. The number of cyclic esters (lactones) is 1. The zero-order valence-electron chi connectivity index (χ0n) is 22.9. The molecule has 2 aromatic rings. The molecule has 9 nitrogen and oxygen atoms in total. The topological polar surface area (TPSA) is 132 Å². The van der Waals surface area contributed by atoms with E-state index in [9.17, 15) is 9.59 Å². The number of aromatic nitrogens is 1. The van der Waals surface area contributed by atoms with E-state index in [2.05, 4.69) is 25.8 Å². The van der Waals surface area contributed by atoms with E-state index in [1.807, 2.05) is 30.5 Å². The molecule has 5 heterocycles. The van der Waals surface area contributed by atoms with Crippen molar-refractivity contribution >= 4 is 22.8 Å². The van der Waals surface area contributed by atoms with Gasteiger partial charge in [-0.05, 0) is 48.3 Å². The van der Waals surface area contributed by atoms with Crippen LogP contribution < -0.4 is 5.73 Å². The maximum Gasteiger partial charge on any atom is 0.334 e. The van der Waals surface area contributed by atoms with Gasteiger partial charge in [-0.1, -0.05) is 39.0 Å². The summed E-state index contributed by atoms with van der Waals surface area (Å²) < 4.78 is 31.9. The summed E-state index contributed by atoms with van der Waals surface area (Å²) in [6.45, 7) is 6.85. The Morgan fingerprint density at radius 1 is 1.20 bits per heavy atom. The first-order chi connectivity index (χ1) is 19.2. The third-order valence-corrected chi connectivity index (χ3v) is 11.7. The van der Waals surface area contributed by atoms with E-state index in [0.29, 0.717) is 19.4 Å². The predicted octanol–water partition coefficient (Wildman–Crippen LogP) is 2.71. The fourth-order valence-corrected chi connectivity index (χ4v) is 9.67. The molecule has 7 aliphatic rings. The monoisotopic (exact) mass is 546 g/mol. The van der Waals surface area contributed by atoms with Crippen molar-refractivity contribution in [3.05, 3.63) is 47.2 Å². The number of esters is 2. The summed E-state index contributed by atoms with van der Waals surface area (Å²) >= 11 is 0. The number of fused-ring (bicyclic) bond motifs is 5. The van der Waals surface area contributed by atoms with E-state index in [1.54, 1.807) is 0 Å². The Morgan fingerprint density at radius 3 is 2.85 bits per heavy atom. The second kappa shape index (κ2) is 7.18. The Balaban J connectivity index is 1.07. The van der Waals surface area contributed by atoms with Crippen molar-refractivity contribution in [2.24, 2.45) is 23.0 Å². The van der Waals surface area contributed by atoms with Gasteiger partial charge in [-0.15, -0.1) is 0 Å². The SMILES string of the molecule is CC(C)[C@]12O[C@H]1[C@@H]1O[C@]13[C@]1(O[C@H]1C[C@H]1C4=C(CC[C@@]13C)C(=O)OC4)[C@@H]2OC(=O)[C@@H](N)Cc1c[nH]c2ccccc12. The summed E-state index contributed by atoms with van der Waals surface area (Å²) in [5, 5.41) is 1.05. The lowest BCUT2D eigenvalue weighted by molar-refractivity contribution is -0.170. The van der Waals surface area contributed by atoms with Gasteiger partial charge in [-0.2, -0.15) is 0 Å². The molecule has 5 fully saturated rings. The van der Waals surface area contributed by atoms with Crippen LogP contribution in [-0.4, -0.2) is 70.8 Å². The molecule has 2 spiro atoms. The van der Waals surface area contributed by atoms with Gasteiger partial charge in [0.2, 0.25) is 0 Å². The average Bonchev–Trinajstić information content (AvgIpc) is 3.86. The quantitative estimate of drug-likeness (QED) is 0.432. The molecule has 0 radical (unpaired) electrons. The van der Waals surface area contributed by atoms with Gasteiger partial charge in [-0.25, -0.2) is 4.79 Å². The fourth-order valence-electron chi connectivity index (χ4n) is 9.67. The molecule has 1 aromatic heterocycles. The van der Waals surface area contributed by atoms with Crippen LogP contribution in [0, 0.1) is 17.3 Å². The molecule has 9 rings (SSSR count). The molecule has 9 heteroatoms. The van der Waals surface area contributed by atoms with Gasteiger partial charge < -0.3 is 34.4 Å². The molecule has 0 unspecified atom stereocenters. The third kappa shape index (κ3) is 2.48. The minimum Gasteiger partial charge on any atom is -0.458 e. The Morgan fingerprint density at radius 2 is 2.02 bits per heavy atom. The maximum atomic E-state index is 13.7. The van der Waals surface area contributed by atoms with Crippen LogP contribution in [0.5, 0.6) is 0 Å². The molecular weight excluding hydrogens is 512 g/mol. The number of ether oxygens (including phenoxy) is 5. The van der Waals surface area contributed by atoms with Gasteiger partial charge in [0.05, 0.1) is 6.10 Å². The highest BCUT2D eigenvalue weighted by Gasteiger charge is 3.01. The zero-order valence-corrected chi connectivity index (χ0v) is 22.9. The number of hydrogen-bond donors (Lipinski definition) is 2. The maximum absolute atomic E-state index is 13.7. The van der Waals surface area contributed by atoms with Crippen molar-refractivity contribution in [1.82, 2.24) is 4.98 Å². The minimum absolute atomic E-state index is 0.0913. The number of epoxide rings is 3. The van der Waals surface area contributed by atoms with Crippen LogP contribution >= 0.6 is 0 Å². The van der Waals surface area contributed by atoms with Crippen LogP contribution in [0.15, 0.2) is 41.6 Å². The molecule has 3 aliphatic carbocycles. The molecule has 3 saturated heterocycles. The molecule has 40 heavy (non-hydrogen) atoms. The number of carbonyl (C=O) groups is 2. The molecular formula is C31H34N2O7. The molecule has 0 amide bonds. The van der Waals surface area contributed by atoms with Crippen LogP contribution in [-0.2, 0) is 39.7 Å². The smallest absolute Gasteiger partial charge is 0.334 e. The van der Waals surface area contributed by atoms with Gasteiger partial charge in [0.15, 0.2) is 11.7 Å². The van der Waals surface area contributed by atoms with E-state index in [4.69, 9.17) is 29.4 Å². The summed E-state index contributed by atoms with van der Waals surface area (Å²) in [5.41, 5.74) is 8.09. The first-order valence-corrected chi connectivity index (χ1v) is 14.6. The molecule has 1 aromatic carbocycles. The van der Waals surface area contributed by atoms with E-state index in [0.717, 1.165) is 40.5 Å². The van der Waals surface area contributed by atoms with E-state index >= 15 is 0 Å². The van der Waals surface area contributed by atoms with Crippen molar-refractivity contribution < 1.29 is 33.3 Å². The minimum atomic E-state index is -0.834. The summed E-state index contributed by atoms with van der Waals surface area (Å²) in [6.07, 6.45) is 3.42. The average molecular weight is 547 g/mol. The second-order valence-corrected chi connectivity index (χ2v) is 13.5. The van der Waals surface area contributed by atoms with E-state index in [1.165, 1.54) is 0 Å². The van der Waals surface area contributed by atoms with Crippen molar-refractivity contribution in [3.63, 3.8) is 0 Å². The number of H-pyrrole nitrogens is 1. The normalized spacial score (nSPS) is 45.9. The first-order valence-electron chi connectivity index (χ1n) is 14.6. The lowest BCUT2D eigenvalue weighted by Crippen LogP contribution is -2.70. The van der Waals surface area contributed by atoms with Crippen LogP contribution in [0.4, 0.5) is 0 Å². The Kier molecular flexibility index (Phi) is 4.30. The Labute approximate surface area is 231 Å². The molecule has 10 atom stereocenters. The largest absolute Gasteiger partial charge is 0.458 e. The number of nitrogens with two attached hydrogens (primary N) is 1. The summed E-state index contributed by atoms with van der Waals surface area (Å²) in [7, 11) is 0. The number of nitrogens with one attached hydrogen (secondary N) is 1. The van der Waals surface area contributed by atoms with Gasteiger partial charge in [0, 0.05) is 34.5 Å². The molecule has 0 bridgehead atoms. The van der Waals surface area contributed by atoms with Crippen molar-refractivity contribution in [3.8, 4) is 0 Å². The molecule has 3 N–H and O–H groups in total. The van der Waals surface area contributed by atoms with Crippen LogP contribution in [0.2, 0.25) is 0 Å². The molecule has 210 valence electrons. The van der Waals surface area contributed by atoms with Crippen molar-refractivity contribution in [2.45, 2.75) is 93.7 Å². The van der Waals surface area contributed by atoms with Gasteiger partial charge >= 0.3 is 11.9 Å². The number of para-hydroxylation sites is 1. The first kappa shape index (κ1) is 23.9. The van der Waals surface area contributed by atoms with Crippen molar-refractivity contribution in [1.29, 1.82) is 0 Å².